The molecule has 7 nitrogen and oxygen atoms in total. The number of carbonyl (C=O) groups is 1. The third kappa shape index (κ3) is 7.68. The molecule has 5 rings (SSSR count). The Labute approximate surface area is 241 Å². The zero-order chi connectivity index (χ0) is 28.8. The SMILES string of the molecule is CN(Cc1ccccc1)C(=O)c1ccc(CSc2nc(N3CCN(Cc4ccccc4)CC3)cc(C(F)(F)F)n2)o1. The number of furan rings is 1. The van der Waals surface area contributed by atoms with Crippen molar-refractivity contribution >= 4 is 23.5 Å². The molecule has 0 N–H and O–H groups in total. The predicted molar refractivity (Wildman–Crippen MR) is 151 cm³/mol. The van der Waals surface area contributed by atoms with Gasteiger partial charge < -0.3 is 14.2 Å². The van der Waals surface area contributed by atoms with Gasteiger partial charge in [0, 0.05) is 52.4 Å². The summed E-state index contributed by atoms with van der Waals surface area (Å²) in [4.78, 5) is 26.7. The quantitative estimate of drug-likeness (QED) is 0.178. The molecular weight excluding hydrogens is 551 g/mol. The van der Waals surface area contributed by atoms with Crippen molar-refractivity contribution in [3.63, 3.8) is 0 Å². The number of hydrogen-bond acceptors (Lipinski definition) is 7. The molecule has 1 aliphatic heterocycles. The number of piperazine rings is 1. The van der Waals surface area contributed by atoms with Gasteiger partial charge in [-0.1, -0.05) is 72.4 Å². The van der Waals surface area contributed by atoms with Crippen LogP contribution in [-0.2, 0) is 25.0 Å². The molecule has 0 radical (unpaired) electrons. The second kappa shape index (κ2) is 12.8. The van der Waals surface area contributed by atoms with E-state index in [-0.39, 0.29) is 28.4 Å². The maximum atomic E-state index is 13.7. The molecule has 1 fully saturated rings. The van der Waals surface area contributed by atoms with Crippen LogP contribution in [0.2, 0.25) is 0 Å². The summed E-state index contributed by atoms with van der Waals surface area (Å²) in [6, 6.07) is 23.9. The molecule has 1 aliphatic rings. The number of thioether (sulfide) groups is 1. The smallest absolute Gasteiger partial charge is 0.433 e. The lowest BCUT2D eigenvalue weighted by Gasteiger charge is -2.35. The fraction of sp³-hybridized carbons (Fsp3) is 0.300. The van der Waals surface area contributed by atoms with Gasteiger partial charge in [-0.15, -0.1) is 0 Å². The van der Waals surface area contributed by atoms with Gasteiger partial charge >= 0.3 is 6.18 Å². The van der Waals surface area contributed by atoms with Crippen molar-refractivity contribution in [3.05, 3.63) is 107 Å². The summed E-state index contributed by atoms with van der Waals surface area (Å²) in [5, 5.41) is 0.00649. The Morgan fingerprint density at radius 2 is 1.59 bits per heavy atom. The summed E-state index contributed by atoms with van der Waals surface area (Å²) >= 11 is 1.04. The molecule has 41 heavy (non-hydrogen) atoms. The minimum atomic E-state index is -4.60. The maximum absolute atomic E-state index is 13.7. The van der Waals surface area contributed by atoms with E-state index in [2.05, 4.69) is 27.0 Å². The molecule has 3 heterocycles. The third-order valence-corrected chi connectivity index (χ3v) is 7.62. The van der Waals surface area contributed by atoms with Gasteiger partial charge in [0.2, 0.25) is 0 Å². The normalized spacial score (nSPS) is 14.3. The largest absolute Gasteiger partial charge is 0.455 e. The number of nitrogens with zero attached hydrogens (tertiary/aromatic N) is 5. The molecule has 214 valence electrons. The Balaban J connectivity index is 1.22. The second-order valence-electron chi connectivity index (χ2n) is 9.84. The lowest BCUT2D eigenvalue weighted by atomic mass is 10.2. The van der Waals surface area contributed by atoms with Gasteiger partial charge in [-0.3, -0.25) is 9.69 Å². The highest BCUT2D eigenvalue weighted by Gasteiger charge is 2.34. The molecular formula is C30H30F3N5O2S. The van der Waals surface area contributed by atoms with Crippen molar-refractivity contribution in [2.75, 3.05) is 38.1 Å². The molecule has 0 spiro atoms. The molecule has 0 saturated carbocycles. The Morgan fingerprint density at radius 1 is 0.927 bits per heavy atom. The van der Waals surface area contributed by atoms with Crippen LogP contribution >= 0.6 is 11.8 Å². The molecule has 11 heteroatoms. The first-order valence-electron chi connectivity index (χ1n) is 13.2. The topological polar surface area (TPSA) is 65.7 Å². The van der Waals surface area contributed by atoms with E-state index >= 15 is 0 Å². The van der Waals surface area contributed by atoms with Crippen LogP contribution < -0.4 is 4.90 Å². The fourth-order valence-electron chi connectivity index (χ4n) is 4.58. The number of carbonyl (C=O) groups excluding carboxylic acids is 1. The average Bonchev–Trinajstić information content (AvgIpc) is 3.46. The van der Waals surface area contributed by atoms with Crippen LogP contribution in [0.5, 0.6) is 0 Å². The molecule has 4 aromatic rings. The summed E-state index contributed by atoms with van der Waals surface area (Å²) in [5.74, 6) is 0.768. The molecule has 2 aromatic heterocycles. The van der Waals surface area contributed by atoms with E-state index in [4.69, 9.17) is 4.42 Å². The van der Waals surface area contributed by atoms with Crippen molar-refractivity contribution in [2.24, 2.45) is 0 Å². The number of hydrogen-bond donors (Lipinski definition) is 0. The monoisotopic (exact) mass is 581 g/mol. The zero-order valence-electron chi connectivity index (χ0n) is 22.6. The molecule has 1 amide bonds. The number of anilines is 1. The van der Waals surface area contributed by atoms with E-state index in [1.807, 2.05) is 53.4 Å². The molecule has 0 atom stereocenters. The molecule has 1 saturated heterocycles. The standard InChI is InChI=1S/C30H30F3N5O2S/c1-36(19-22-8-4-2-5-9-22)28(39)25-13-12-24(40-25)21-41-29-34-26(30(31,32)33)18-27(35-29)38-16-14-37(15-17-38)20-23-10-6-3-7-11-23/h2-13,18H,14-17,19-21H2,1H3. The van der Waals surface area contributed by atoms with Crippen molar-refractivity contribution in [2.45, 2.75) is 30.2 Å². The first kappa shape index (κ1) is 28.7. The predicted octanol–water partition coefficient (Wildman–Crippen LogP) is 5.98. The van der Waals surface area contributed by atoms with Crippen molar-refractivity contribution in [3.8, 4) is 0 Å². The van der Waals surface area contributed by atoms with Gasteiger partial charge in [0.05, 0.1) is 5.75 Å². The number of halogens is 3. The first-order chi connectivity index (χ1) is 19.7. The Bertz CT molecular complexity index is 1440. The minimum Gasteiger partial charge on any atom is -0.455 e. The summed E-state index contributed by atoms with van der Waals surface area (Å²) in [5.41, 5.74) is 1.21. The zero-order valence-corrected chi connectivity index (χ0v) is 23.4. The van der Waals surface area contributed by atoms with Gasteiger partial charge in [-0.05, 0) is 23.3 Å². The summed E-state index contributed by atoms with van der Waals surface area (Å²) < 4.78 is 46.9. The summed E-state index contributed by atoms with van der Waals surface area (Å²) in [6.07, 6.45) is -4.60. The van der Waals surface area contributed by atoms with Crippen LogP contribution in [0.15, 0.2) is 88.4 Å². The fourth-order valence-corrected chi connectivity index (χ4v) is 5.33. The number of aromatic nitrogens is 2. The Morgan fingerprint density at radius 3 is 2.24 bits per heavy atom. The van der Waals surface area contributed by atoms with Gasteiger partial charge in [0.25, 0.3) is 5.91 Å². The van der Waals surface area contributed by atoms with Gasteiger partial charge in [-0.25, -0.2) is 9.97 Å². The molecule has 0 unspecified atom stereocenters. The highest BCUT2D eigenvalue weighted by molar-refractivity contribution is 7.98. The second-order valence-corrected chi connectivity index (χ2v) is 10.8. The van der Waals surface area contributed by atoms with Crippen molar-refractivity contribution in [1.29, 1.82) is 0 Å². The van der Waals surface area contributed by atoms with Gasteiger partial charge in [0.15, 0.2) is 16.6 Å². The first-order valence-corrected chi connectivity index (χ1v) is 14.2. The van der Waals surface area contributed by atoms with Gasteiger partial charge in [0.1, 0.15) is 11.6 Å². The molecule has 2 aromatic carbocycles. The number of rotatable bonds is 9. The van der Waals surface area contributed by atoms with E-state index < -0.39 is 11.9 Å². The maximum Gasteiger partial charge on any atom is 0.433 e. The van der Waals surface area contributed by atoms with Crippen LogP contribution in [0.3, 0.4) is 0 Å². The van der Waals surface area contributed by atoms with Crippen molar-refractivity contribution < 1.29 is 22.4 Å². The highest BCUT2D eigenvalue weighted by atomic mass is 32.2. The average molecular weight is 582 g/mol. The van der Waals surface area contributed by atoms with Crippen LogP contribution in [0.25, 0.3) is 0 Å². The Hall–Kier alpha value is -3.83. The summed E-state index contributed by atoms with van der Waals surface area (Å²) in [7, 11) is 1.69. The van der Waals surface area contributed by atoms with Crippen LogP contribution in [-0.4, -0.2) is 58.9 Å². The van der Waals surface area contributed by atoms with E-state index in [1.165, 1.54) is 5.56 Å². The number of alkyl halides is 3. The number of amides is 1. The van der Waals surface area contributed by atoms with Gasteiger partial charge in [-0.2, -0.15) is 13.2 Å². The highest BCUT2D eigenvalue weighted by Crippen LogP contribution is 2.33. The third-order valence-electron chi connectivity index (χ3n) is 6.75. The Kier molecular flexibility index (Phi) is 8.94. The van der Waals surface area contributed by atoms with E-state index in [1.54, 1.807) is 24.1 Å². The molecule has 0 bridgehead atoms. The summed E-state index contributed by atoms with van der Waals surface area (Å²) in [6.45, 7) is 3.76. The van der Waals surface area contributed by atoms with E-state index in [0.717, 1.165) is 29.9 Å². The molecule has 0 aliphatic carbocycles. The van der Waals surface area contributed by atoms with Crippen LogP contribution in [0.1, 0.15) is 33.1 Å². The van der Waals surface area contributed by atoms with Crippen LogP contribution in [0, 0.1) is 0 Å². The lowest BCUT2D eigenvalue weighted by Crippen LogP contribution is -2.46. The minimum absolute atomic E-state index is 0.00649. The van der Waals surface area contributed by atoms with E-state index in [9.17, 15) is 18.0 Å². The number of benzene rings is 2. The van der Waals surface area contributed by atoms with Crippen molar-refractivity contribution in [1.82, 2.24) is 19.8 Å². The lowest BCUT2D eigenvalue weighted by molar-refractivity contribution is -0.141. The van der Waals surface area contributed by atoms with E-state index in [0.29, 0.717) is 38.5 Å². The van der Waals surface area contributed by atoms with Crippen LogP contribution in [0.4, 0.5) is 19.0 Å².